The second-order valence-corrected chi connectivity index (χ2v) is 8.55. The lowest BCUT2D eigenvalue weighted by molar-refractivity contribution is -0.127. The van der Waals surface area contributed by atoms with Crippen LogP contribution in [0.5, 0.6) is 0 Å². The first-order valence-corrected chi connectivity index (χ1v) is 9.95. The van der Waals surface area contributed by atoms with Crippen LogP contribution in [0.1, 0.15) is 48.9 Å². The van der Waals surface area contributed by atoms with E-state index in [1.54, 1.807) is 23.1 Å². The Morgan fingerprint density at radius 1 is 1.26 bits per heavy atom. The second-order valence-electron chi connectivity index (χ2n) is 6.38. The van der Waals surface area contributed by atoms with E-state index in [2.05, 4.69) is 27.7 Å². The van der Waals surface area contributed by atoms with Crippen molar-refractivity contribution in [1.29, 1.82) is 0 Å². The lowest BCUT2D eigenvalue weighted by atomic mass is 10.2. The highest BCUT2D eigenvalue weighted by atomic mass is 32.2. The predicted octanol–water partition coefficient (Wildman–Crippen LogP) is 4.15. The summed E-state index contributed by atoms with van der Waals surface area (Å²) in [5, 5.41) is 2.10. The fourth-order valence-electron chi connectivity index (χ4n) is 2.78. The molecule has 23 heavy (non-hydrogen) atoms. The van der Waals surface area contributed by atoms with Crippen LogP contribution in [0.3, 0.4) is 0 Å². The first kappa shape index (κ1) is 16.7. The number of likely N-dealkylation sites (tertiary alicyclic amines) is 1. The van der Waals surface area contributed by atoms with Crippen LogP contribution in [-0.4, -0.2) is 39.6 Å². The van der Waals surface area contributed by atoms with Gasteiger partial charge in [-0.25, -0.2) is 9.97 Å². The van der Waals surface area contributed by atoms with Crippen LogP contribution in [-0.2, 0) is 4.79 Å². The number of aryl methyl sites for hydroxylation is 2. The minimum absolute atomic E-state index is 0.231. The van der Waals surface area contributed by atoms with Crippen LogP contribution in [0, 0.1) is 13.8 Å². The summed E-state index contributed by atoms with van der Waals surface area (Å²) in [6, 6.07) is 0. The van der Waals surface area contributed by atoms with Crippen LogP contribution in [0.15, 0.2) is 5.03 Å². The minimum Gasteiger partial charge on any atom is -0.342 e. The molecule has 3 heterocycles. The van der Waals surface area contributed by atoms with Gasteiger partial charge in [0.15, 0.2) is 0 Å². The van der Waals surface area contributed by atoms with Gasteiger partial charge in [-0.1, -0.05) is 25.6 Å². The number of thioether (sulfide) groups is 1. The number of hydrogen-bond donors (Lipinski definition) is 0. The summed E-state index contributed by atoms with van der Waals surface area (Å²) < 4.78 is 0. The third kappa shape index (κ3) is 3.38. The van der Waals surface area contributed by atoms with Gasteiger partial charge in [-0.05, 0) is 32.3 Å². The summed E-state index contributed by atoms with van der Waals surface area (Å²) >= 11 is 3.29. The van der Waals surface area contributed by atoms with Gasteiger partial charge >= 0.3 is 0 Å². The molecule has 0 spiro atoms. The molecule has 0 radical (unpaired) electrons. The normalized spacial score (nSPS) is 15.1. The van der Waals surface area contributed by atoms with Gasteiger partial charge in [0, 0.05) is 29.3 Å². The molecule has 2 aromatic heterocycles. The van der Waals surface area contributed by atoms with Gasteiger partial charge in [0.1, 0.15) is 15.7 Å². The van der Waals surface area contributed by atoms with E-state index >= 15 is 0 Å². The fourth-order valence-corrected chi connectivity index (χ4v) is 4.87. The number of hydrogen-bond acceptors (Lipinski definition) is 5. The zero-order chi connectivity index (χ0) is 16.6. The topological polar surface area (TPSA) is 46.1 Å². The number of amides is 1. The summed E-state index contributed by atoms with van der Waals surface area (Å²) in [7, 11) is 0. The number of carbonyl (C=O) groups is 1. The van der Waals surface area contributed by atoms with Crippen molar-refractivity contribution in [1.82, 2.24) is 14.9 Å². The molecule has 0 aliphatic carbocycles. The molecule has 1 aliphatic rings. The van der Waals surface area contributed by atoms with E-state index in [0.29, 0.717) is 5.75 Å². The Morgan fingerprint density at radius 2 is 1.96 bits per heavy atom. The Bertz CT molecular complexity index is 733. The van der Waals surface area contributed by atoms with Crippen molar-refractivity contribution in [2.45, 2.75) is 51.5 Å². The smallest absolute Gasteiger partial charge is 0.232 e. The maximum atomic E-state index is 12.3. The highest BCUT2D eigenvalue weighted by Crippen LogP contribution is 2.36. The van der Waals surface area contributed by atoms with Crippen molar-refractivity contribution >= 4 is 39.2 Å². The van der Waals surface area contributed by atoms with E-state index in [9.17, 15) is 4.79 Å². The highest BCUT2D eigenvalue weighted by molar-refractivity contribution is 8.00. The SMILES string of the molecule is Cc1sc2nc(C(C)C)nc(SCC(=O)N3CCCC3)c2c1C. The first-order valence-electron chi connectivity index (χ1n) is 8.15. The molecule has 2 aromatic rings. The molecule has 0 atom stereocenters. The molecule has 0 aromatic carbocycles. The summed E-state index contributed by atoms with van der Waals surface area (Å²) in [6.45, 7) is 10.3. The Balaban J connectivity index is 1.89. The Hall–Kier alpha value is -1.14. The molecule has 0 N–H and O–H groups in total. The van der Waals surface area contributed by atoms with E-state index in [0.717, 1.165) is 47.0 Å². The third-order valence-corrected chi connectivity index (χ3v) is 6.38. The molecule has 1 saturated heterocycles. The molecule has 3 rings (SSSR count). The molecule has 0 saturated carbocycles. The van der Waals surface area contributed by atoms with Gasteiger partial charge in [0.2, 0.25) is 5.91 Å². The third-order valence-electron chi connectivity index (χ3n) is 4.32. The fraction of sp³-hybridized carbons (Fsp3) is 0.588. The van der Waals surface area contributed by atoms with Crippen molar-refractivity contribution in [3.8, 4) is 0 Å². The molecule has 0 bridgehead atoms. The van der Waals surface area contributed by atoms with E-state index in [-0.39, 0.29) is 11.8 Å². The maximum absolute atomic E-state index is 12.3. The number of fused-ring (bicyclic) bond motifs is 1. The largest absolute Gasteiger partial charge is 0.342 e. The quantitative estimate of drug-likeness (QED) is 0.614. The van der Waals surface area contributed by atoms with Crippen molar-refractivity contribution < 1.29 is 4.79 Å². The Morgan fingerprint density at radius 3 is 2.61 bits per heavy atom. The van der Waals surface area contributed by atoms with Crippen molar-refractivity contribution in [2.24, 2.45) is 0 Å². The van der Waals surface area contributed by atoms with Crippen molar-refractivity contribution in [3.63, 3.8) is 0 Å². The predicted molar refractivity (Wildman–Crippen MR) is 97.5 cm³/mol. The minimum atomic E-state index is 0.231. The number of thiophene rings is 1. The maximum Gasteiger partial charge on any atom is 0.232 e. The standard InChI is InChI=1S/C17H23N3OS2/c1-10(2)15-18-16(14-11(3)12(4)23-17(14)19-15)22-9-13(21)20-7-5-6-8-20/h10H,5-9H2,1-4H3. The highest BCUT2D eigenvalue weighted by Gasteiger charge is 2.21. The summed E-state index contributed by atoms with van der Waals surface area (Å²) in [5.41, 5.74) is 1.25. The van der Waals surface area contributed by atoms with Gasteiger partial charge in [-0.2, -0.15) is 0 Å². The summed E-state index contributed by atoms with van der Waals surface area (Å²) in [5.74, 6) is 1.86. The average Bonchev–Trinajstić information content (AvgIpc) is 3.14. The van der Waals surface area contributed by atoms with E-state index in [4.69, 9.17) is 9.97 Å². The van der Waals surface area contributed by atoms with Gasteiger partial charge in [0.05, 0.1) is 5.75 Å². The average molecular weight is 350 g/mol. The Kier molecular flexibility index (Phi) is 4.92. The van der Waals surface area contributed by atoms with Gasteiger partial charge in [-0.15, -0.1) is 11.3 Å². The van der Waals surface area contributed by atoms with Gasteiger partial charge in [-0.3, -0.25) is 4.79 Å². The van der Waals surface area contributed by atoms with Gasteiger partial charge in [0.25, 0.3) is 0 Å². The monoisotopic (exact) mass is 349 g/mol. The van der Waals surface area contributed by atoms with E-state index in [1.807, 2.05) is 4.90 Å². The molecule has 6 heteroatoms. The van der Waals surface area contributed by atoms with Crippen molar-refractivity contribution in [3.05, 3.63) is 16.3 Å². The molecular weight excluding hydrogens is 326 g/mol. The number of carbonyl (C=O) groups excluding carboxylic acids is 1. The Labute approximate surface area is 145 Å². The van der Waals surface area contributed by atoms with Crippen LogP contribution in [0.4, 0.5) is 0 Å². The zero-order valence-corrected chi connectivity index (χ0v) is 15.8. The molecule has 1 amide bonds. The van der Waals surface area contributed by atoms with E-state index < -0.39 is 0 Å². The number of rotatable bonds is 4. The number of aromatic nitrogens is 2. The van der Waals surface area contributed by atoms with Crippen LogP contribution in [0.25, 0.3) is 10.2 Å². The van der Waals surface area contributed by atoms with Crippen LogP contribution >= 0.6 is 23.1 Å². The number of nitrogens with zero attached hydrogens (tertiary/aromatic N) is 3. The molecule has 4 nitrogen and oxygen atoms in total. The van der Waals surface area contributed by atoms with Crippen LogP contribution in [0.2, 0.25) is 0 Å². The molecule has 124 valence electrons. The first-order chi connectivity index (χ1) is 11.0. The molecule has 0 unspecified atom stereocenters. The molecule has 1 fully saturated rings. The van der Waals surface area contributed by atoms with E-state index in [1.165, 1.54) is 10.4 Å². The second kappa shape index (κ2) is 6.77. The van der Waals surface area contributed by atoms with Crippen molar-refractivity contribution in [2.75, 3.05) is 18.8 Å². The molecular formula is C17H23N3OS2. The van der Waals surface area contributed by atoms with Gasteiger partial charge < -0.3 is 4.90 Å². The zero-order valence-electron chi connectivity index (χ0n) is 14.2. The summed E-state index contributed by atoms with van der Waals surface area (Å²) in [4.78, 5) is 26.1. The summed E-state index contributed by atoms with van der Waals surface area (Å²) in [6.07, 6.45) is 2.27. The lowest BCUT2D eigenvalue weighted by Crippen LogP contribution is -2.29. The lowest BCUT2D eigenvalue weighted by Gasteiger charge is -2.15. The molecule has 1 aliphatic heterocycles. The van der Waals surface area contributed by atoms with Crippen LogP contribution < -0.4 is 0 Å².